The number of aliphatic hydroxyl groups is 3. The molecule has 12 heteroatoms. The van der Waals surface area contributed by atoms with E-state index in [-0.39, 0.29) is 64.4 Å². The van der Waals surface area contributed by atoms with Gasteiger partial charge in [0.15, 0.2) is 23.0 Å². The van der Waals surface area contributed by atoms with Crippen molar-refractivity contribution in [3.05, 3.63) is 81.6 Å². The molecule has 46 heavy (non-hydrogen) atoms. The number of ether oxygens (including phenoxy) is 3. The highest BCUT2D eigenvalue weighted by Crippen LogP contribution is 2.44. The SMILES string of the molecule is C=C(C)Cc1c(-c2cc(=O)c3c(O)c(CC(=C)C)c(O)c(CC(=C)C)c3o2)ccc(OC)c1OC1OC(C(=O)O)[C@H](O)[C@@H](O)[C@@H]1O. The molecule has 1 saturated heterocycles. The number of fused-ring (bicyclic) bond motifs is 1. The van der Waals surface area contributed by atoms with Crippen LogP contribution in [0.25, 0.3) is 22.3 Å². The number of carboxylic acid groups (broad SMARTS) is 1. The first-order valence-corrected chi connectivity index (χ1v) is 14.3. The molecule has 12 nitrogen and oxygen atoms in total. The molecule has 0 radical (unpaired) electrons. The monoisotopic (exact) mass is 638 g/mol. The van der Waals surface area contributed by atoms with Crippen molar-refractivity contribution in [2.45, 2.75) is 70.7 Å². The van der Waals surface area contributed by atoms with Crippen LogP contribution in [0.2, 0.25) is 0 Å². The number of carbonyl (C=O) groups is 1. The molecule has 0 bridgehead atoms. The molecule has 1 aliphatic rings. The fraction of sp³-hybridized carbons (Fsp3) is 0.353. The van der Waals surface area contributed by atoms with Gasteiger partial charge >= 0.3 is 5.97 Å². The molecular formula is C34H38O12. The molecule has 2 aromatic carbocycles. The Morgan fingerprint density at radius 3 is 2.02 bits per heavy atom. The second-order valence-corrected chi connectivity index (χ2v) is 11.7. The minimum absolute atomic E-state index is 0.0136. The van der Waals surface area contributed by atoms with Crippen LogP contribution in [0.3, 0.4) is 0 Å². The Hall–Kier alpha value is -4.62. The van der Waals surface area contributed by atoms with Gasteiger partial charge in [0, 0.05) is 41.2 Å². The Morgan fingerprint density at radius 1 is 0.870 bits per heavy atom. The zero-order valence-corrected chi connectivity index (χ0v) is 26.0. The number of hydrogen-bond acceptors (Lipinski definition) is 11. The van der Waals surface area contributed by atoms with Crippen LogP contribution in [0.4, 0.5) is 0 Å². The average Bonchev–Trinajstić information content (AvgIpc) is 2.97. The normalized spacial score (nSPS) is 21.2. The lowest BCUT2D eigenvalue weighted by molar-refractivity contribution is -0.271. The molecule has 6 N–H and O–H groups in total. The summed E-state index contributed by atoms with van der Waals surface area (Å²) < 4.78 is 23.1. The van der Waals surface area contributed by atoms with Crippen molar-refractivity contribution in [2.75, 3.05) is 7.11 Å². The third-order valence-corrected chi connectivity index (χ3v) is 7.51. The Balaban J connectivity index is 1.99. The van der Waals surface area contributed by atoms with Crippen molar-refractivity contribution in [2.24, 2.45) is 0 Å². The summed E-state index contributed by atoms with van der Waals surface area (Å²) in [6.45, 7) is 16.9. The summed E-state index contributed by atoms with van der Waals surface area (Å²) in [4.78, 5) is 25.4. The predicted molar refractivity (Wildman–Crippen MR) is 168 cm³/mol. The third-order valence-electron chi connectivity index (χ3n) is 7.51. The number of aromatic hydroxyl groups is 2. The largest absolute Gasteiger partial charge is 0.507 e. The predicted octanol–water partition coefficient (Wildman–Crippen LogP) is 3.51. The lowest BCUT2D eigenvalue weighted by Gasteiger charge is -2.38. The van der Waals surface area contributed by atoms with E-state index >= 15 is 0 Å². The third kappa shape index (κ3) is 6.51. The number of benzene rings is 2. The van der Waals surface area contributed by atoms with Crippen molar-refractivity contribution in [3.63, 3.8) is 0 Å². The second-order valence-electron chi connectivity index (χ2n) is 11.7. The molecule has 1 fully saturated rings. The van der Waals surface area contributed by atoms with Crippen LogP contribution < -0.4 is 14.9 Å². The second kappa shape index (κ2) is 13.4. The number of aliphatic hydroxyl groups excluding tert-OH is 3. The Morgan fingerprint density at radius 2 is 1.46 bits per heavy atom. The fourth-order valence-corrected chi connectivity index (χ4v) is 5.42. The highest BCUT2D eigenvalue weighted by Gasteiger charge is 2.48. The van der Waals surface area contributed by atoms with Crippen molar-refractivity contribution in [1.29, 1.82) is 0 Å². The summed E-state index contributed by atoms with van der Waals surface area (Å²) in [5.41, 5.74) is 2.25. The average molecular weight is 639 g/mol. The number of phenolic OH excluding ortho intramolecular Hbond substituents is 2. The molecule has 0 saturated carbocycles. The van der Waals surface area contributed by atoms with E-state index in [2.05, 4.69) is 19.7 Å². The standard InChI is InChI=1S/C34H38O12/c1-14(2)10-18-17(8-9-22(43-7)30(18)45-34-29(40)27(38)28(39)32(46-34)33(41)42)23-13-21(35)24-26(37)19(11-15(3)4)25(36)20(12-16(5)6)31(24)44-23/h8-9,13,27-29,32,34,36-40H,1,3,5,10-12H2,2,4,6-7H3,(H,41,42)/t27-,28-,29+,32?,34?/m1/s1. The molecule has 0 aliphatic carbocycles. The Labute approximate surface area is 264 Å². The van der Waals surface area contributed by atoms with Crippen molar-refractivity contribution >= 4 is 16.9 Å². The lowest BCUT2D eigenvalue weighted by atomic mass is 9.93. The van der Waals surface area contributed by atoms with Gasteiger partial charge in [-0.3, -0.25) is 4.79 Å². The lowest BCUT2D eigenvalue weighted by Crippen LogP contribution is -2.61. The zero-order chi connectivity index (χ0) is 34.2. The molecule has 0 amide bonds. The van der Waals surface area contributed by atoms with E-state index in [4.69, 9.17) is 18.6 Å². The molecule has 5 atom stereocenters. The number of methoxy groups -OCH3 is 1. The summed E-state index contributed by atoms with van der Waals surface area (Å²) >= 11 is 0. The van der Waals surface area contributed by atoms with Crippen LogP contribution in [0.15, 0.2) is 63.9 Å². The number of rotatable bonds is 11. The summed E-state index contributed by atoms with van der Waals surface area (Å²) in [6, 6.07) is 4.23. The first-order valence-electron chi connectivity index (χ1n) is 14.3. The van der Waals surface area contributed by atoms with Gasteiger partial charge in [0.1, 0.15) is 46.5 Å². The van der Waals surface area contributed by atoms with Crippen LogP contribution in [0.5, 0.6) is 23.0 Å². The maximum atomic E-state index is 13.7. The van der Waals surface area contributed by atoms with Crippen molar-refractivity contribution in [3.8, 4) is 34.3 Å². The zero-order valence-electron chi connectivity index (χ0n) is 26.0. The van der Waals surface area contributed by atoms with E-state index < -0.39 is 47.9 Å². The molecular weight excluding hydrogens is 600 g/mol. The van der Waals surface area contributed by atoms with E-state index in [0.717, 1.165) is 0 Å². The summed E-state index contributed by atoms with van der Waals surface area (Å²) in [6.07, 6.45) is -9.04. The van der Waals surface area contributed by atoms with Gasteiger partial charge in [-0.1, -0.05) is 36.5 Å². The smallest absolute Gasteiger partial charge is 0.335 e. The van der Waals surface area contributed by atoms with Gasteiger partial charge in [-0.05, 0) is 39.3 Å². The van der Waals surface area contributed by atoms with Gasteiger partial charge in [-0.2, -0.15) is 0 Å². The van der Waals surface area contributed by atoms with E-state index in [1.165, 1.54) is 19.2 Å². The van der Waals surface area contributed by atoms with E-state index in [1.54, 1.807) is 26.8 Å². The van der Waals surface area contributed by atoms with Gasteiger partial charge in [0.25, 0.3) is 0 Å². The van der Waals surface area contributed by atoms with Gasteiger partial charge in [-0.25, -0.2) is 4.79 Å². The summed E-state index contributed by atoms with van der Waals surface area (Å²) in [5.74, 6) is -2.19. The number of aliphatic carboxylic acids is 1. The van der Waals surface area contributed by atoms with Crippen LogP contribution in [-0.4, -0.2) is 74.4 Å². The molecule has 246 valence electrons. The first-order chi connectivity index (χ1) is 21.6. The minimum Gasteiger partial charge on any atom is -0.507 e. The van der Waals surface area contributed by atoms with Crippen LogP contribution in [0, 0.1) is 0 Å². The van der Waals surface area contributed by atoms with Crippen molar-refractivity contribution < 1.29 is 54.1 Å². The first kappa shape index (κ1) is 34.3. The number of allylic oxidation sites excluding steroid dienone is 3. The van der Waals surface area contributed by atoms with Crippen LogP contribution in [-0.2, 0) is 28.8 Å². The highest BCUT2D eigenvalue weighted by molar-refractivity contribution is 5.91. The number of hydrogen-bond donors (Lipinski definition) is 6. The quantitative estimate of drug-likeness (QED) is 0.168. The topological polar surface area (TPSA) is 196 Å². The van der Waals surface area contributed by atoms with E-state index in [9.17, 15) is 40.2 Å². The van der Waals surface area contributed by atoms with E-state index in [0.29, 0.717) is 27.8 Å². The number of carboxylic acids is 1. The van der Waals surface area contributed by atoms with Crippen molar-refractivity contribution in [1.82, 2.24) is 0 Å². The maximum absolute atomic E-state index is 13.7. The van der Waals surface area contributed by atoms with E-state index in [1.807, 2.05) is 0 Å². The maximum Gasteiger partial charge on any atom is 0.335 e. The van der Waals surface area contributed by atoms with Gasteiger partial charge in [0.05, 0.1) is 7.11 Å². The number of phenols is 2. The van der Waals surface area contributed by atoms with Crippen LogP contribution in [0.1, 0.15) is 37.5 Å². The summed E-state index contributed by atoms with van der Waals surface area (Å²) in [5, 5.41) is 62.8. The molecule has 4 rings (SSSR count). The molecule has 2 heterocycles. The minimum atomic E-state index is -1.93. The Kier molecular flexibility index (Phi) is 9.97. The molecule has 3 aromatic rings. The molecule has 2 unspecified atom stereocenters. The Bertz CT molecular complexity index is 1790. The molecule has 0 spiro atoms. The summed E-state index contributed by atoms with van der Waals surface area (Å²) in [7, 11) is 1.34. The van der Waals surface area contributed by atoms with Gasteiger partial charge < -0.3 is 49.3 Å². The molecule has 1 aliphatic heterocycles. The van der Waals surface area contributed by atoms with Gasteiger partial charge in [0.2, 0.25) is 6.29 Å². The molecule has 1 aromatic heterocycles. The van der Waals surface area contributed by atoms with Crippen LogP contribution >= 0.6 is 0 Å². The fourth-order valence-electron chi connectivity index (χ4n) is 5.42. The highest BCUT2D eigenvalue weighted by atomic mass is 16.7. The van der Waals surface area contributed by atoms with Gasteiger partial charge in [-0.15, -0.1) is 0 Å².